The minimum Gasteiger partial charge on any atom is -0.389 e. The highest BCUT2D eigenvalue weighted by Gasteiger charge is 2.15. The second kappa shape index (κ2) is 6.57. The van der Waals surface area contributed by atoms with E-state index < -0.39 is 6.10 Å². The fourth-order valence-electron chi connectivity index (χ4n) is 1.46. The van der Waals surface area contributed by atoms with E-state index in [9.17, 15) is 9.90 Å². The number of aliphatic hydroxyl groups excluding tert-OH is 1. The molecule has 0 fully saturated rings. The van der Waals surface area contributed by atoms with Crippen molar-refractivity contribution in [2.24, 2.45) is 5.41 Å². The number of amides is 2. The van der Waals surface area contributed by atoms with Gasteiger partial charge in [-0.2, -0.15) is 0 Å². The van der Waals surface area contributed by atoms with Crippen LogP contribution in [0.25, 0.3) is 0 Å². The van der Waals surface area contributed by atoms with E-state index in [4.69, 9.17) is 0 Å². The standard InChI is InChI=1S/C15H24N2O2/c1-5-15(3,4)10-16-14(19)17-13-8-6-12(7-9-13)11(2)18/h6-9,11,18H,5,10H2,1-4H3,(H2,16,17,19). The lowest BCUT2D eigenvalue weighted by Crippen LogP contribution is -2.36. The predicted octanol–water partition coefficient (Wildman–Crippen LogP) is 3.30. The van der Waals surface area contributed by atoms with E-state index in [1.54, 1.807) is 31.2 Å². The molecule has 0 heterocycles. The van der Waals surface area contributed by atoms with Gasteiger partial charge in [0.2, 0.25) is 0 Å². The topological polar surface area (TPSA) is 61.4 Å². The van der Waals surface area contributed by atoms with Crippen LogP contribution >= 0.6 is 0 Å². The molecule has 4 nitrogen and oxygen atoms in total. The number of nitrogens with one attached hydrogen (secondary N) is 2. The van der Waals surface area contributed by atoms with Crippen molar-refractivity contribution >= 4 is 11.7 Å². The lowest BCUT2D eigenvalue weighted by molar-refractivity contribution is 0.199. The predicted molar refractivity (Wildman–Crippen MR) is 78.2 cm³/mol. The molecule has 2 amide bonds. The van der Waals surface area contributed by atoms with Crippen LogP contribution in [-0.4, -0.2) is 17.7 Å². The maximum absolute atomic E-state index is 11.7. The fourth-order valence-corrected chi connectivity index (χ4v) is 1.46. The summed E-state index contributed by atoms with van der Waals surface area (Å²) in [5.41, 5.74) is 1.65. The molecule has 0 radical (unpaired) electrons. The van der Waals surface area contributed by atoms with Crippen molar-refractivity contribution in [2.75, 3.05) is 11.9 Å². The number of urea groups is 1. The Hall–Kier alpha value is -1.55. The minimum atomic E-state index is -0.492. The van der Waals surface area contributed by atoms with E-state index in [1.807, 2.05) is 0 Å². The SMILES string of the molecule is CCC(C)(C)CNC(=O)Nc1ccc(C(C)O)cc1. The Morgan fingerprint density at radius 2 is 1.89 bits per heavy atom. The van der Waals surface area contributed by atoms with Crippen molar-refractivity contribution in [2.45, 2.75) is 40.2 Å². The summed E-state index contributed by atoms with van der Waals surface area (Å²) in [6.07, 6.45) is 0.518. The minimum absolute atomic E-state index is 0.105. The zero-order valence-corrected chi connectivity index (χ0v) is 12.2. The van der Waals surface area contributed by atoms with Crippen LogP contribution in [0.4, 0.5) is 10.5 Å². The monoisotopic (exact) mass is 264 g/mol. The average Bonchev–Trinajstić information content (AvgIpc) is 2.37. The van der Waals surface area contributed by atoms with Gasteiger partial charge in [0, 0.05) is 12.2 Å². The van der Waals surface area contributed by atoms with E-state index in [0.29, 0.717) is 6.54 Å². The van der Waals surface area contributed by atoms with Crippen molar-refractivity contribution in [3.63, 3.8) is 0 Å². The van der Waals surface area contributed by atoms with Crippen molar-refractivity contribution in [1.29, 1.82) is 0 Å². The van der Waals surface area contributed by atoms with Crippen molar-refractivity contribution in [3.05, 3.63) is 29.8 Å². The smallest absolute Gasteiger partial charge is 0.319 e. The molecule has 1 unspecified atom stereocenters. The Morgan fingerprint density at radius 3 is 2.37 bits per heavy atom. The number of aliphatic hydroxyl groups is 1. The highest BCUT2D eigenvalue weighted by molar-refractivity contribution is 5.89. The van der Waals surface area contributed by atoms with Gasteiger partial charge in [-0.05, 0) is 36.5 Å². The molecular weight excluding hydrogens is 240 g/mol. The van der Waals surface area contributed by atoms with Crippen LogP contribution in [0.1, 0.15) is 45.8 Å². The molecule has 4 heteroatoms. The second-order valence-electron chi connectivity index (χ2n) is 5.62. The number of hydrogen-bond donors (Lipinski definition) is 3. The molecule has 106 valence electrons. The molecule has 0 aliphatic rings. The van der Waals surface area contributed by atoms with Gasteiger partial charge in [-0.25, -0.2) is 4.79 Å². The summed E-state index contributed by atoms with van der Waals surface area (Å²) >= 11 is 0. The van der Waals surface area contributed by atoms with Gasteiger partial charge in [-0.3, -0.25) is 0 Å². The zero-order chi connectivity index (χ0) is 14.5. The van der Waals surface area contributed by atoms with E-state index in [0.717, 1.165) is 17.7 Å². The maximum atomic E-state index is 11.7. The van der Waals surface area contributed by atoms with Crippen LogP contribution < -0.4 is 10.6 Å². The summed E-state index contributed by atoms with van der Waals surface area (Å²) < 4.78 is 0. The molecular formula is C15H24N2O2. The van der Waals surface area contributed by atoms with Gasteiger partial charge in [0.1, 0.15) is 0 Å². The van der Waals surface area contributed by atoms with Gasteiger partial charge in [0.25, 0.3) is 0 Å². The Kier molecular flexibility index (Phi) is 5.36. The molecule has 0 aromatic heterocycles. The molecule has 3 N–H and O–H groups in total. The first-order chi connectivity index (χ1) is 8.84. The number of benzene rings is 1. The van der Waals surface area contributed by atoms with Crippen LogP contribution in [-0.2, 0) is 0 Å². The highest BCUT2D eigenvalue weighted by Crippen LogP contribution is 2.18. The highest BCUT2D eigenvalue weighted by atomic mass is 16.3. The number of anilines is 1. The Balaban J connectivity index is 2.48. The van der Waals surface area contributed by atoms with Crippen LogP contribution in [0.3, 0.4) is 0 Å². The molecule has 0 saturated heterocycles. The van der Waals surface area contributed by atoms with Crippen LogP contribution in [0, 0.1) is 5.41 Å². The first kappa shape index (κ1) is 15.5. The van der Waals surface area contributed by atoms with E-state index in [2.05, 4.69) is 31.4 Å². The third-order valence-corrected chi connectivity index (χ3v) is 3.34. The van der Waals surface area contributed by atoms with Gasteiger partial charge < -0.3 is 15.7 Å². The molecule has 0 bridgehead atoms. The molecule has 0 spiro atoms. The number of hydrogen-bond acceptors (Lipinski definition) is 2. The normalized spacial score (nSPS) is 12.9. The van der Waals surface area contributed by atoms with Crippen molar-refractivity contribution in [1.82, 2.24) is 5.32 Å². The Bertz CT molecular complexity index is 411. The van der Waals surface area contributed by atoms with Crippen LogP contribution in [0.5, 0.6) is 0 Å². The quantitative estimate of drug-likeness (QED) is 0.764. The molecule has 0 saturated carbocycles. The zero-order valence-electron chi connectivity index (χ0n) is 12.2. The molecule has 1 rings (SSSR count). The van der Waals surface area contributed by atoms with Gasteiger partial charge in [-0.1, -0.05) is 32.9 Å². The summed E-state index contributed by atoms with van der Waals surface area (Å²) in [5, 5.41) is 15.0. The van der Waals surface area contributed by atoms with E-state index in [1.165, 1.54) is 0 Å². The molecule has 1 atom stereocenters. The third-order valence-electron chi connectivity index (χ3n) is 3.34. The molecule has 0 aliphatic heterocycles. The lowest BCUT2D eigenvalue weighted by Gasteiger charge is -2.22. The van der Waals surface area contributed by atoms with Gasteiger partial charge >= 0.3 is 6.03 Å². The fraction of sp³-hybridized carbons (Fsp3) is 0.533. The summed E-state index contributed by atoms with van der Waals surface area (Å²) in [6.45, 7) is 8.69. The summed E-state index contributed by atoms with van der Waals surface area (Å²) in [5.74, 6) is 0. The number of rotatable bonds is 5. The maximum Gasteiger partial charge on any atom is 0.319 e. The van der Waals surface area contributed by atoms with E-state index >= 15 is 0 Å². The first-order valence-electron chi connectivity index (χ1n) is 6.67. The lowest BCUT2D eigenvalue weighted by atomic mass is 9.90. The number of carbonyl (C=O) groups excluding carboxylic acids is 1. The third kappa shape index (κ3) is 5.30. The second-order valence-corrected chi connectivity index (χ2v) is 5.62. The van der Waals surface area contributed by atoms with Gasteiger partial charge in [0.15, 0.2) is 0 Å². The summed E-state index contributed by atoms with van der Waals surface area (Å²) in [6, 6.07) is 6.97. The van der Waals surface area contributed by atoms with Crippen LogP contribution in [0.15, 0.2) is 24.3 Å². The largest absolute Gasteiger partial charge is 0.389 e. The Morgan fingerprint density at radius 1 is 1.32 bits per heavy atom. The van der Waals surface area contributed by atoms with Gasteiger partial charge in [0.05, 0.1) is 6.10 Å². The molecule has 19 heavy (non-hydrogen) atoms. The van der Waals surface area contributed by atoms with Crippen molar-refractivity contribution in [3.8, 4) is 0 Å². The van der Waals surface area contributed by atoms with E-state index in [-0.39, 0.29) is 11.4 Å². The number of carbonyl (C=O) groups is 1. The van der Waals surface area contributed by atoms with Crippen LogP contribution in [0.2, 0.25) is 0 Å². The molecule has 1 aromatic carbocycles. The molecule has 1 aromatic rings. The summed E-state index contributed by atoms with van der Waals surface area (Å²) in [4.78, 5) is 11.7. The van der Waals surface area contributed by atoms with Crippen molar-refractivity contribution < 1.29 is 9.90 Å². The first-order valence-corrected chi connectivity index (χ1v) is 6.67. The summed E-state index contributed by atoms with van der Waals surface area (Å²) in [7, 11) is 0. The van der Waals surface area contributed by atoms with Gasteiger partial charge in [-0.15, -0.1) is 0 Å². The average molecular weight is 264 g/mol. The molecule has 0 aliphatic carbocycles. The Labute approximate surface area is 115 Å².